The minimum atomic E-state index is -4.42. The van der Waals surface area contributed by atoms with Gasteiger partial charge in [0, 0.05) is 13.1 Å². The molecule has 1 aromatic rings. The summed E-state index contributed by atoms with van der Waals surface area (Å²) >= 11 is 0. The van der Waals surface area contributed by atoms with Crippen molar-refractivity contribution >= 4 is 16.2 Å². The Morgan fingerprint density at radius 3 is 2.19 bits per heavy atom. The quantitative estimate of drug-likeness (QED) is 0.751. The summed E-state index contributed by atoms with van der Waals surface area (Å²) < 4.78 is 71.4. The molecule has 1 aliphatic heterocycles. The smallest absolute Gasteiger partial charge is 0.416 e. The fourth-order valence-electron chi connectivity index (χ4n) is 2.90. The van der Waals surface area contributed by atoms with Crippen LogP contribution in [0.1, 0.15) is 31.2 Å². The zero-order chi connectivity index (χ0) is 19.9. The Bertz CT molecular complexity index is 798. The van der Waals surface area contributed by atoms with Gasteiger partial charge in [0.05, 0.1) is 5.56 Å². The number of rotatable bonds is 6. The van der Waals surface area contributed by atoms with Crippen molar-refractivity contribution in [2.75, 3.05) is 13.1 Å². The maximum atomic E-state index is 12.6. The molecule has 1 heterocycles. The number of carboxylic acid groups (broad SMARTS) is 1. The second kappa shape index (κ2) is 6.95. The summed E-state index contributed by atoms with van der Waals surface area (Å²) in [4.78, 5) is 11.1. The first kappa shape index (κ1) is 19.9. The van der Waals surface area contributed by atoms with Gasteiger partial charge in [0.2, 0.25) is 0 Å². The molecule has 0 amide bonds. The van der Waals surface area contributed by atoms with Crippen molar-refractivity contribution in [3.63, 3.8) is 0 Å². The number of hydrogen-bond acceptors (Lipinski definition) is 4. The van der Waals surface area contributed by atoms with E-state index in [1.807, 2.05) is 0 Å². The number of ether oxygens (including phenoxy) is 1. The molecule has 0 bridgehead atoms. The van der Waals surface area contributed by atoms with E-state index in [0.717, 1.165) is 12.1 Å². The van der Waals surface area contributed by atoms with E-state index in [1.54, 1.807) is 0 Å². The monoisotopic (exact) mass is 408 g/mol. The number of nitrogens with zero attached hydrogens (tertiary/aromatic N) is 1. The lowest BCUT2D eigenvalue weighted by Gasteiger charge is -2.32. The van der Waals surface area contributed by atoms with Gasteiger partial charge < -0.3 is 9.84 Å². The van der Waals surface area contributed by atoms with Crippen LogP contribution in [0.4, 0.5) is 13.2 Å². The second-order valence-electron chi connectivity index (χ2n) is 6.73. The number of piperidine rings is 1. The summed E-state index contributed by atoms with van der Waals surface area (Å²) in [7, 11) is -3.92. The van der Waals surface area contributed by atoms with E-state index in [1.165, 1.54) is 16.4 Å². The predicted octanol–water partition coefficient (Wildman–Crippen LogP) is 2.00. The highest BCUT2D eigenvalue weighted by atomic mass is 32.2. The molecule has 1 aromatic carbocycles. The molecule has 7 nitrogen and oxygen atoms in total. The summed E-state index contributed by atoms with van der Waals surface area (Å²) in [6.45, 7) is 0.271. The van der Waals surface area contributed by atoms with Gasteiger partial charge >= 0.3 is 12.1 Å². The molecule has 1 saturated heterocycles. The molecule has 0 aromatic heterocycles. The molecule has 2 N–H and O–H groups in total. The maximum absolute atomic E-state index is 12.6. The Morgan fingerprint density at radius 1 is 1.19 bits per heavy atom. The third-order valence-electron chi connectivity index (χ3n) is 4.71. The maximum Gasteiger partial charge on any atom is 0.416 e. The number of carbonyl (C=O) groups is 1. The van der Waals surface area contributed by atoms with E-state index in [2.05, 4.69) is 4.72 Å². The molecule has 0 unspecified atom stereocenters. The third kappa shape index (κ3) is 4.53. The Kier molecular flexibility index (Phi) is 5.12. The summed E-state index contributed by atoms with van der Waals surface area (Å²) in [5.74, 6) is -0.906. The van der Waals surface area contributed by atoms with E-state index in [0.29, 0.717) is 12.8 Å². The van der Waals surface area contributed by atoms with Gasteiger partial charge in [0.15, 0.2) is 0 Å². The molecule has 1 saturated carbocycles. The van der Waals surface area contributed by atoms with Gasteiger partial charge in [-0.05, 0) is 49.9 Å². The van der Waals surface area contributed by atoms with Crippen molar-refractivity contribution in [1.29, 1.82) is 0 Å². The molecule has 27 heavy (non-hydrogen) atoms. The highest BCUT2D eigenvalue weighted by Gasteiger charge is 2.54. The van der Waals surface area contributed by atoms with Crippen LogP contribution in [-0.2, 0) is 21.2 Å². The Morgan fingerprint density at radius 2 is 1.74 bits per heavy atom. The van der Waals surface area contributed by atoms with Crippen molar-refractivity contribution in [2.24, 2.45) is 0 Å². The van der Waals surface area contributed by atoms with E-state index in [4.69, 9.17) is 9.84 Å². The molecule has 11 heteroatoms. The highest BCUT2D eigenvalue weighted by molar-refractivity contribution is 7.87. The molecule has 0 spiro atoms. The largest absolute Gasteiger partial charge is 0.490 e. The van der Waals surface area contributed by atoms with Gasteiger partial charge in [-0.2, -0.15) is 30.6 Å². The zero-order valence-corrected chi connectivity index (χ0v) is 15.0. The van der Waals surface area contributed by atoms with E-state index >= 15 is 0 Å². The Labute approximate surface area is 154 Å². The van der Waals surface area contributed by atoms with Crippen LogP contribution in [0, 0.1) is 0 Å². The zero-order valence-electron chi connectivity index (χ0n) is 14.2. The fourth-order valence-corrected chi connectivity index (χ4v) is 4.51. The molecule has 2 aliphatic rings. The molecular weight excluding hydrogens is 389 g/mol. The van der Waals surface area contributed by atoms with Gasteiger partial charge in [-0.25, -0.2) is 0 Å². The Balaban J connectivity index is 1.54. The van der Waals surface area contributed by atoms with Crippen LogP contribution in [0.15, 0.2) is 24.3 Å². The van der Waals surface area contributed by atoms with Crippen LogP contribution in [-0.4, -0.2) is 48.5 Å². The van der Waals surface area contributed by atoms with Crippen LogP contribution in [0.5, 0.6) is 5.75 Å². The molecule has 0 atom stereocenters. The van der Waals surface area contributed by atoms with Crippen LogP contribution < -0.4 is 9.46 Å². The topological polar surface area (TPSA) is 95.9 Å². The first-order valence-corrected chi connectivity index (χ1v) is 9.82. The summed E-state index contributed by atoms with van der Waals surface area (Å²) in [5, 5.41) is 9.11. The Hall–Kier alpha value is -1.85. The van der Waals surface area contributed by atoms with Crippen LogP contribution in [0.25, 0.3) is 0 Å². The van der Waals surface area contributed by atoms with Gasteiger partial charge in [-0.1, -0.05) is 0 Å². The standard InChI is InChI=1S/C16H19F3N2O5S/c17-16(18,19)11-1-3-12(4-2-11)26-13-5-9-21(10-6-13)27(24,25)20-15(7-8-15)14(22)23/h1-4,13,20H,5-10H2,(H,22,23). The molecule has 0 radical (unpaired) electrons. The second-order valence-corrected chi connectivity index (χ2v) is 8.40. The average molecular weight is 408 g/mol. The number of aliphatic carboxylic acids is 1. The third-order valence-corrected chi connectivity index (χ3v) is 6.40. The highest BCUT2D eigenvalue weighted by Crippen LogP contribution is 2.37. The van der Waals surface area contributed by atoms with E-state index in [-0.39, 0.29) is 37.8 Å². The summed E-state index contributed by atoms with van der Waals surface area (Å²) in [5.41, 5.74) is -2.17. The van der Waals surface area contributed by atoms with Crippen molar-refractivity contribution in [3.8, 4) is 5.75 Å². The lowest BCUT2D eigenvalue weighted by molar-refractivity contribution is -0.140. The summed E-state index contributed by atoms with van der Waals surface area (Å²) in [6, 6.07) is 4.33. The number of halogens is 3. The van der Waals surface area contributed by atoms with Crippen LogP contribution in [0.2, 0.25) is 0 Å². The number of carboxylic acids is 1. The first-order valence-electron chi connectivity index (χ1n) is 8.38. The number of nitrogens with one attached hydrogen (secondary N) is 1. The van der Waals surface area contributed by atoms with Crippen molar-refractivity contribution in [1.82, 2.24) is 9.03 Å². The lowest BCUT2D eigenvalue weighted by Crippen LogP contribution is -2.52. The number of alkyl halides is 3. The van der Waals surface area contributed by atoms with Crippen molar-refractivity contribution in [3.05, 3.63) is 29.8 Å². The number of benzene rings is 1. The first-order chi connectivity index (χ1) is 12.5. The minimum absolute atomic E-state index is 0.135. The molecule has 1 aliphatic carbocycles. The molecule has 3 rings (SSSR count). The predicted molar refractivity (Wildman–Crippen MR) is 88.3 cm³/mol. The average Bonchev–Trinajstić information content (AvgIpc) is 3.35. The van der Waals surface area contributed by atoms with Crippen LogP contribution in [0.3, 0.4) is 0 Å². The minimum Gasteiger partial charge on any atom is -0.490 e. The lowest BCUT2D eigenvalue weighted by atomic mass is 10.1. The molecule has 2 fully saturated rings. The van der Waals surface area contributed by atoms with Crippen molar-refractivity contribution in [2.45, 2.75) is 43.5 Å². The van der Waals surface area contributed by atoms with Crippen LogP contribution >= 0.6 is 0 Å². The van der Waals surface area contributed by atoms with Gasteiger partial charge in [-0.3, -0.25) is 4.79 Å². The molecule has 150 valence electrons. The van der Waals surface area contributed by atoms with Gasteiger partial charge in [0.25, 0.3) is 10.2 Å². The van der Waals surface area contributed by atoms with E-state index in [9.17, 15) is 26.4 Å². The van der Waals surface area contributed by atoms with Crippen molar-refractivity contribution < 1.29 is 36.2 Å². The number of hydrogen-bond donors (Lipinski definition) is 2. The normalized spacial score (nSPS) is 21.0. The van der Waals surface area contributed by atoms with E-state index < -0.39 is 33.5 Å². The van der Waals surface area contributed by atoms with Gasteiger partial charge in [-0.15, -0.1) is 0 Å². The SMILES string of the molecule is O=C(O)C1(NS(=O)(=O)N2CCC(Oc3ccc(C(F)(F)F)cc3)CC2)CC1. The molecular formula is C16H19F3N2O5S. The summed E-state index contributed by atoms with van der Waals surface area (Å²) in [6.07, 6.45) is -3.53. The van der Waals surface area contributed by atoms with Gasteiger partial charge in [0.1, 0.15) is 17.4 Å². The fraction of sp³-hybridized carbons (Fsp3) is 0.562.